The van der Waals surface area contributed by atoms with Gasteiger partial charge in [-0.15, -0.1) is 0 Å². The summed E-state index contributed by atoms with van der Waals surface area (Å²) in [6, 6.07) is 18.3. The van der Waals surface area contributed by atoms with Crippen LogP contribution < -0.4 is 33.2 Å². The van der Waals surface area contributed by atoms with Crippen LogP contribution >= 0.6 is 0 Å². The van der Waals surface area contributed by atoms with E-state index in [4.69, 9.17) is 33.2 Å². The van der Waals surface area contributed by atoms with Crippen molar-refractivity contribution in [1.82, 2.24) is 0 Å². The Labute approximate surface area is 214 Å². The van der Waals surface area contributed by atoms with Crippen LogP contribution in [0.1, 0.15) is 5.56 Å². The average molecular weight is 503 g/mol. The Balaban J connectivity index is 1.57. The minimum atomic E-state index is -0.415. The Hall–Kier alpha value is -4.59. The molecule has 0 radical (unpaired) electrons. The summed E-state index contributed by atoms with van der Waals surface area (Å²) in [7, 11) is 6.37. The number of hydrogen-bond acceptors (Lipinski definition) is 8. The molecule has 1 aliphatic heterocycles. The highest BCUT2D eigenvalue weighted by molar-refractivity contribution is 6.01. The lowest BCUT2D eigenvalue weighted by Gasteiger charge is -2.17. The monoisotopic (exact) mass is 502 g/mol. The minimum Gasteiger partial charge on any atom is -0.497 e. The molecule has 0 atom stereocenters. The maximum atomic E-state index is 12.9. The molecule has 8 heteroatoms. The maximum absolute atomic E-state index is 12.9. The Morgan fingerprint density at radius 2 is 1.43 bits per heavy atom. The number of ether oxygens (including phenoxy) is 7. The highest BCUT2D eigenvalue weighted by Crippen LogP contribution is 2.43. The van der Waals surface area contributed by atoms with Gasteiger partial charge < -0.3 is 33.2 Å². The van der Waals surface area contributed by atoms with Gasteiger partial charge in [0.15, 0.2) is 23.0 Å². The van der Waals surface area contributed by atoms with E-state index in [-0.39, 0.29) is 13.2 Å². The van der Waals surface area contributed by atoms with Crippen LogP contribution in [0.4, 0.5) is 0 Å². The van der Waals surface area contributed by atoms with E-state index in [1.54, 1.807) is 46.6 Å². The molecule has 0 N–H and O–H groups in total. The first-order chi connectivity index (χ1) is 18.0. The number of esters is 1. The fourth-order valence-corrected chi connectivity index (χ4v) is 4.35. The van der Waals surface area contributed by atoms with Crippen LogP contribution in [0.5, 0.6) is 40.2 Å². The van der Waals surface area contributed by atoms with Crippen molar-refractivity contribution in [2.45, 2.75) is 6.42 Å². The van der Waals surface area contributed by atoms with E-state index in [1.807, 2.05) is 42.5 Å². The van der Waals surface area contributed by atoms with Crippen molar-refractivity contribution in [3.63, 3.8) is 0 Å². The Kier molecular flexibility index (Phi) is 6.64. The summed E-state index contributed by atoms with van der Waals surface area (Å²) >= 11 is 0. The van der Waals surface area contributed by atoms with Crippen LogP contribution in [-0.4, -0.2) is 41.2 Å². The summed E-state index contributed by atoms with van der Waals surface area (Å²) in [4.78, 5) is 12.9. The second-order valence-corrected chi connectivity index (χ2v) is 8.30. The average Bonchev–Trinajstić information content (AvgIpc) is 3.39. The van der Waals surface area contributed by atoms with Gasteiger partial charge >= 0.3 is 5.97 Å². The van der Waals surface area contributed by atoms with Crippen molar-refractivity contribution >= 4 is 16.7 Å². The molecule has 0 saturated carbocycles. The number of hydrogen-bond donors (Lipinski definition) is 0. The largest absolute Gasteiger partial charge is 0.497 e. The van der Waals surface area contributed by atoms with Crippen LogP contribution in [0.15, 0.2) is 60.7 Å². The van der Waals surface area contributed by atoms with Gasteiger partial charge in [-0.1, -0.05) is 6.07 Å². The lowest BCUT2D eigenvalue weighted by molar-refractivity contribution is -0.133. The third-order valence-electron chi connectivity index (χ3n) is 6.14. The molecule has 1 aliphatic rings. The summed E-state index contributed by atoms with van der Waals surface area (Å²) in [5.41, 5.74) is 2.31. The topological polar surface area (TPSA) is 81.7 Å². The molecule has 4 aromatic carbocycles. The molecule has 4 aromatic rings. The zero-order chi connectivity index (χ0) is 25.9. The lowest BCUT2D eigenvalue weighted by atomic mass is 9.96. The van der Waals surface area contributed by atoms with Gasteiger partial charge in [0, 0.05) is 5.56 Å². The summed E-state index contributed by atoms with van der Waals surface area (Å²) in [6.45, 7) is 0.172. The van der Waals surface area contributed by atoms with Gasteiger partial charge in [-0.3, -0.25) is 4.79 Å². The SMILES string of the molecule is COc1ccc(OC)c(-c2cc(OC(=O)Cc3ccc4c(c3)OCO4)cc3cc(OC)c(OC)cc23)c1. The summed E-state index contributed by atoms with van der Waals surface area (Å²) < 4.78 is 38.7. The first-order valence-corrected chi connectivity index (χ1v) is 11.5. The van der Waals surface area contributed by atoms with Gasteiger partial charge in [0.05, 0.1) is 34.9 Å². The van der Waals surface area contributed by atoms with E-state index < -0.39 is 5.97 Å². The first-order valence-electron chi connectivity index (χ1n) is 11.5. The van der Waals surface area contributed by atoms with E-state index in [0.717, 1.165) is 27.5 Å². The van der Waals surface area contributed by atoms with Crippen LogP contribution in [0.2, 0.25) is 0 Å². The molecule has 8 nitrogen and oxygen atoms in total. The predicted molar refractivity (Wildman–Crippen MR) is 137 cm³/mol. The van der Waals surface area contributed by atoms with E-state index in [2.05, 4.69) is 0 Å². The molecule has 1 heterocycles. The zero-order valence-electron chi connectivity index (χ0n) is 21.0. The number of carbonyl (C=O) groups is 1. The molecule has 0 amide bonds. The third kappa shape index (κ3) is 4.78. The smallest absolute Gasteiger partial charge is 0.315 e. The van der Waals surface area contributed by atoms with E-state index in [9.17, 15) is 4.79 Å². The molecule has 0 aromatic heterocycles. The van der Waals surface area contributed by atoms with Crippen LogP contribution in [0, 0.1) is 0 Å². The number of rotatable bonds is 8. The summed E-state index contributed by atoms with van der Waals surface area (Å²) in [5.74, 6) is 3.67. The van der Waals surface area contributed by atoms with Crippen molar-refractivity contribution in [1.29, 1.82) is 0 Å². The van der Waals surface area contributed by atoms with Gasteiger partial charge in [0.1, 0.15) is 17.2 Å². The predicted octanol–water partition coefficient (Wildman–Crippen LogP) is 5.42. The Bertz CT molecular complexity index is 1480. The van der Waals surface area contributed by atoms with Crippen LogP contribution in [-0.2, 0) is 11.2 Å². The molecular weight excluding hydrogens is 476 g/mol. The molecule has 0 aliphatic carbocycles. The number of fused-ring (bicyclic) bond motifs is 2. The van der Waals surface area contributed by atoms with Crippen molar-refractivity contribution in [3.05, 3.63) is 66.2 Å². The minimum absolute atomic E-state index is 0.0679. The standard InChI is InChI=1S/C29H26O8/c1-31-19-6-8-24(32-2)23(13-19)22-14-20(11-18-12-26(33-3)27(34-4)15-21(18)22)37-29(30)10-17-5-7-25-28(9-17)36-16-35-25/h5-9,11-15H,10,16H2,1-4H3. The molecular formula is C29H26O8. The fourth-order valence-electron chi connectivity index (χ4n) is 4.35. The second kappa shape index (κ2) is 10.2. The normalized spacial score (nSPS) is 11.8. The van der Waals surface area contributed by atoms with Crippen molar-refractivity contribution in [3.8, 4) is 51.4 Å². The Morgan fingerprint density at radius 3 is 2.19 bits per heavy atom. The van der Waals surface area contributed by atoms with Crippen LogP contribution in [0.3, 0.4) is 0 Å². The molecule has 0 fully saturated rings. The summed E-state index contributed by atoms with van der Waals surface area (Å²) in [6.07, 6.45) is 0.0679. The summed E-state index contributed by atoms with van der Waals surface area (Å²) in [5, 5.41) is 1.66. The van der Waals surface area contributed by atoms with Crippen molar-refractivity contribution in [2.75, 3.05) is 35.2 Å². The second-order valence-electron chi connectivity index (χ2n) is 8.30. The lowest BCUT2D eigenvalue weighted by Crippen LogP contribution is -2.11. The molecule has 0 unspecified atom stereocenters. The zero-order valence-corrected chi connectivity index (χ0v) is 21.0. The fraction of sp³-hybridized carbons (Fsp3) is 0.207. The van der Waals surface area contributed by atoms with Crippen molar-refractivity contribution in [2.24, 2.45) is 0 Å². The Morgan fingerprint density at radius 1 is 0.703 bits per heavy atom. The van der Waals surface area contributed by atoms with E-state index in [0.29, 0.717) is 40.2 Å². The van der Waals surface area contributed by atoms with Gasteiger partial charge in [-0.2, -0.15) is 0 Å². The number of methoxy groups -OCH3 is 4. The highest BCUT2D eigenvalue weighted by Gasteiger charge is 2.19. The molecule has 5 rings (SSSR count). The van der Waals surface area contributed by atoms with Gasteiger partial charge in [-0.05, 0) is 76.5 Å². The number of carbonyl (C=O) groups excluding carboxylic acids is 1. The van der Waals surface area contributed by atoms with E-state index in [1.165, 1.54) is 0 Å². The molecule has 0 spiro atoms. The molecule has 0 saturated heterocycles. The van der Waals surface area contributed by atoms with Crippen LogP contribution in [0.25, 0.3) is 21.9 Å². The van der Waals surface area contributed by atoms with Gasteiger partial charge in [0.25, 0.3) is 0 Å². The van der Waals surface area contributed by atoms with E-state index >= 15 is 0 Å². The third-order valence-corrected chi connectivity index (χ3v) is 6.14. The highest BCUT2D eigenvalue weighted by atomic mass is 16.7. The number of benzene rings is 4. The first kappa shape index (κ1) is 24.1. The molecule has 0 bridgehead atoms. The maximum Gasteiger partial charge on any atom is 0.315 e. The quantitative estimate of drug-likeness (QED) is 0.233. The van der Waals surface area contributed by atoms with Gasteiger partial charge in [-0.25, -0.2) is 0 Å². The molecule has 37 heavy (non-hydrogen) atoms. The van der Waals surface area contributed by atoms with Gasteiger partial charge in [0.2, 0.25) is 6.79 Å². The molecule has 190 valence electrons. The van der Waals surface area contributed by atoms with Crippen molar-refractivity contribution < 1.29 is 38.0 Å².